The molecule has 1 aromatic rings. The summed E-state index contributed by atoms with van der Waals surface area (Å²) in [4.78, 5) is 0. The van der Waals surface area contributed by atoms with Crippen LogP contribution >= 0.6 is 24.0 Å². The lowest BCUT2D eigenvalue weighted by Gasteiger charge is -2.26. The molecule has 0 bridgehead atoms. The average Bonchev–Trinajstić information content (AvgIpc) is 2.17. The standard InChI is InChI=1S/C11H15NO3.HI/c1-2-12-10(11(13,14)15)8-9-6-4-3-5-7-9;/h2-7,10,12-15H,1,8H2;1H. The van der Waals surface area contributed by atoms with Gasteiger partial charge in [-0.05, 0) is 11.8 Å². The highest BCUT2D eigenvalue weighted by Gasteiger charge is 2.31. The Morgan fingerprint density at radius 3 is 2.25 bits per heavy atom. The fourth-order valence-corrected chi connectivity index (χ4v) is 1.30. The van der Waals surface area contributed by atoms with E-state index in [0.29, 0.717) is 0 Å². The molecule has 90 valence electrons. The van der Waals surface area contributed by atoms with Crippen LogP contribution in [0.1, 0.15) is 5.56 Å². The predicted octanol–water partition coefficient (Wildman–Crippen LogP) is 0.579. The summed E-state index contributed by atoms with van der Waals surface area (Å²) in [6.07, 6.45) is 1.60. The molecule has 1 unspecified atom stereocenters. The van der Waals surface area contributed by atoms with Gasteiger partial charge in [-0.3, -0.25) is 0 Å². The van der Waals surface area contributed by atoms with E-state index in [0.717, 1.165) is 5.56 Å². The number of hydrogen-bond donors (Lipinski definition) is 4. The van der Waals surface area contributed by atoms with E-state index in [1.165, 1.54) is 6.20 Å². The molecule has 0 amide bonds. The summed E-state index contributed by atoms with van der Waals surface area (Å²) in [5.74, 6) is -2.76. The summed E-state index contributed by atoms with van der Waals surface area (Å²) in [6, 6.07) is 8.32. The fraction of sp³-hybridized carbons (Fsp3) is 0.273. The molecule has 1 atom stereocenters. The highest BCUT2D eigenvalue weighted by atomic mass is 127. The van der Waals surface area contributed by atoms with Gasteiger partial charge in [-0.2, -0.15) is 0 Å². The number of hydrogen-bond acceptors (Lipinski definition) is 4. The van der Waals surface area contributed by atoms with Gasteiger partial charge < -0.3 is 20.6 Å². The van der Waals surface area contributed by atoms with Crippen LogP contribution in [0, 0.1) is 0 Å². The zero-order chi connectivity index (χ0) is 11.3. The van der Waals surface area contributed by atoms with Crippen LogP contribution in [0.2, 0.25) is 0 Å². The predicted molar refractivity (Wildman–Crippen MR) is 72.1 cm³/mol. The van der Waals surface area contributed by atoms with Gasteiger partial charge in [-0.25, -0.2) is 0 Å². The van der Waals surface area contributed by atoms with Crippen LogP contribution in [-0.4, -0.2) is 27.3 Å². The Morgan fingerprint density at radius 1 is 1.25 bits per heavy atom. The lowest BCUT2D eigenvalue weighted by atomic mass is 10.0. The van der Waals surface area contributed by atoms with Crippen molar-refractivity contribution in [3.05, 3.63) is 48.7 Å². The van der Waals surface area contributed by atoms with Crippen LogP contribution in [0.25, 0.3) is 0 Å². The van der Waals surface area contributed by atoms with Gasteiger partial charge in [0.15, 0.2) is 0 Å². The highest BCUT2D eigenvalue weighted by Crippen LogP contribution is 2.10. The Hall–Kier alpha value is -0.630. The maximum Gasteiger partial charge on any atom is 0.297 e. The summed E-state index contributed by atoms with van der Waals surface area (Å²) in [5.41, 5.74) is 0.887. The third-order valence-electron chi connectivity index (χ3n) is 2.07. The molecular formula is C11H16INO3. The molecule has 0 saturated carbocycles. The van der Waals surface area contributed by atoms with Crippen molar-refractivity contribution in [2.75, 3.05) is 0 Å². The van der Waals surface area contributed by atoms with Crippen LogP contribution < -0.4 is 5.32 Å². The number of aliphatic hydroxyl groups is 3. The molecule has 0 spiro atoms. The number of nitrogens with one attached hydrogen (secondary N) is 1. The molecular weight excluding hydrogens is 321 g/mol. The van der Waals surface area contributed by atoms with Gasteiger partial charge in [0.05, 0.1) is 0 Å². The summed E-state index contributed by atoms with van der Waals surface area (Å²) in [6.45, 7) is 3.41. The van der Waals surface area contributed by atoms with Crippen molar-refractivity contribution < 1.29 is 15.3 Å². The molecule has 4 nitrogen and oxygen atoms in total. The Labute approximate surface area is 112 Å². The monoisotopic (exact) mass is 337 g/mol. The van der Waals surface area contributed by atoms with E-state index in [2.05, 4.69) is 11.9 Å². The summed E-state index contributed by atoms with van der Waals surface area (Å²) >= 11 is 0. The van der Waals surface area contributed by atoms with Gasteiger partial charge in [0.25, 0.3) is 5.97 Å². The normalized spacial score (nSPS) is 12.4. The van der Waals surface area contributed by atoms with E-state index in [1.807, 2.05) is 30.3 Å². The zero-order valence-corrected chi connectivity index (χ0v) is 11.0. The minimum atomic E-state index is -2.76. The second-order valence-electron chi connectivity index (χ2n) is 3.30. The van der Waals surface area contributed by atoms with E-state index >= 15 is 0 Å². The van der Waals surface area contributed by atoms with Crippen molar-refractivity contribution in [2.45, 2.75) is 18.4 Å². The number of benzene rings is 1. The van der Waals surface area contributed by atoms with Crippen molar-refractivity contribution in [3.8, 4) is 0 Å². The number of rotatable bonds is 5. The summed E-state index contributed by atoms with van der Waals surface area (Å²) < 4.78 is 0. The Bertz CT molecular complexity index is 311. The summed E-state index contributed by atoms with van der Waals surface area (Å²) in [5, 5.41) is 29.8. The minimum absolute atomic E-state index is 0. The van der Waals surface area contributed by atoms with E-state index < -0.39 is 12.0 Å². The maximum absolute atomic E-state index is 9.07. The molecule has 0 aliphatic heterocycles. The zero-order valence-electron chi connectivity index (χ0n) is 8.71. The van der Waals surface area contributed by atoms with Crippen molar-refractivity contribution in [1.82, 2.24) is 5.32 Å². The first-order valence-electron chi connectivity index (χ1n) is 4.62. The first-order chi connectivity index (χ1) is 7.04. The van der Waals surface area contributed by atoms with Gasteiger partial charge in [0.2, 0.25) is 0 Å². The first kappa shape index (κ1) is 15.4. The van der Waals surface area contributed by atoms with Gasteiger partial charge in [0.1, 0.15) is 6.04 Å². The van der Waals surface area contributed by atoms with Crippen LogP contribution in [0.4, 0.5) is 0 Å². The first-order valence-corrected chi connectivity index (χ1v) is 4.62. The third-order valence-corrected chi connectivity index (χ3v) is 2.07. The molecule has 0 heterocycles. The fourth-order valence-electron chi connectivity index (χ4n) is 1.30. The smallest absolute Gasteiger partial charge is 0.297 e. The lowest BCUT2D eigenvalue weighted by molar-refractivity contribution is -0.325. The number of halogens is 1. The molecule has 16 heavy (non-hydrogen) atoms. The van der Waals surface area contributed by atoms with E-state index in [1.54, 1.807) is 0 Å². The topological polar surface area (TPSA) is 72.7 Å². The molecule has 5 heteroatoms. The minimum Gasteiger partial charge on any atom is -0.381 e. The Balaban J connectivity index is 0.00000225. The Kier molecular flexibility index (Phi) is 6.58. The second kappa shape index (κ2) is 6.85. The largest absolute Gasteiger partial charge is 0.381 e. The van der Waals surface area contributed by atoms with Gasteiger partial charge in [-0.15, -0.1) is 24.0 Å². The van der Waals surface area contributed by atoms with Crippen molar-refractivity contribution >= 4 is 24.0 Å². The molecule has 0 aromatic heterocycles. The van der Waals surface area contributed by atoms with Crippen LogP contribution in [-0.2, 0) is 6.42 Å². The van der Waals surface area contributed by atoms with Crippen LogP contribution in [0.3, 0.4) is 0 Å². The van der Waals surface area contributed by atoms with Crippen LogP contribution in [0.5, 0.6) is 0 Å². The van der Waals surface area contributed by atoms with Crippen molar-refractivity contribution in [3.63, 3.8) is 0 Å². The third kappa shape index (κ3) is 4.93. The second-order valence-corrected chi connectivity index (χ2v) is 3.30. The lowest BCUT2D eigenvalue weighted by Crippen LogP contribution is -2.50. The average molecular weight is 337 g/mol. The molecule has 4 N–H and O–H groups in total. The molecule has 0 fully saturated rings. The maximum atomic E-state index is 9.07. The van der Waals surface area contributed by atoms with Crippen molar-refractivity contribution in [2.24, 2.45) is 0 Å². The quantitative estimate of drug-likeness (QED) is 0.469. The molecule has 1 rings (SSSR count). The SMILES string of the molecule is C=CNC(Cc1ccccc1)C(O)(O)O.I. The van der Waals surface area contributed by atoms with Crippen LogP contribution in [0.15, 0.2) is 43.1 Å². The summed E-state index contributed by atoms with van der Waals surface area (Å²) in [7, 11) is 0. The molecule has 0 saturated heterocycles. The highest BCUT2D eigenvalue weighted by molar-refractivity contribution is 14.0. The van der Waals surface area contributed by atoms with Gasteiger partial charge in [0, 0.05) is 6.42 Å². The van der Waals surface area contributed by atoms with E-state index in [4.69, 9.17) is 15.3 Å². The molecule has 1 aromatic carbocycles. The van der Waals surface area contributed by atoms with E-state index in [-0.39, 0.29) is 30.4 Å². The molecule has 0 aliphatic rings. The van der Waals surface area contributed by atoms with Crippen molar-refractivity contribution in [1.29, 1.82) is 0 Å². The molecule has 0 radical (unpaired) electrons. The van der Waals surface area contributed by atoms with E-state index in [9.17, 15) is 0 Å². The van der Waals surface area contributed by atoms with Gasteiger partial charge >= 0.3 is 0 Å². The Morgan fingerprint density at radius 2 is 1.81 bits per heavy atom. The van der Waals surface area contributed by atoms with Gasteiger partial charge in [-0.1, -0.05) is 36.9 Å². The molecule has 0 aliphatic carbocycles.